The van der Waals surface area contributed by atoms with Crippen molar-refractivity contribution >= 4 is 17.5 Å². The summed E-state index contributed by atoms with van der Waals surface area (Å²) in [7, 11) is 0. The molecule has 5 heteroatoms. The van der Waals surface area contributed by atoms with Crippen LogP contribution in [-0.4, -0.2) is 16.1 Å². The number of hydrogen-bond acceptors (Lipinski definition) is 3. The molecule has 24 heavy (non-hydrogen) atoms. The number of aromatic hydroxyl groups is 1. The van der Waals surface area contributed by atoms with Crippen molar-refractivity contribution in [3.63, 3.8) is 0 Å². The Labute approximate surface area is 140 Å². The number of rotatable bonds is 4. The molecule has 120 valence electrons. The number of pyridine rings is 1. The summed E-state index contributed by atoms with van der Waals surface area (Å²) >= 11 is 0. The quantitative estimate of drug-likeness (QED) is 0.435. The van der Waals surface area contributed by atoms with Crippen LogP contribution in [0.5, 0.6) is 5.75 Å². The first-order valence-electron chi connectivity index (χ1n) is 7.60. The van der Waals surface area contributed by atoms with Crippen LogP contribution in [0.3, 0.4) is 0 Å². The third kappa shape index (κ3) is 4.10. The van der Waals surface area contributed by atoms with Crippen LogP contribution in [-0.2, 0) is 6.42 Å². The fraction of sp³-hybridized carbons (Fsp3) is 0.0526. The highest BCUT2D eigenvalue weighted by molar-refractivity contribution is 6.01. The first kappa shape index (κ1) is 15.6. The van der Waals surface area contributed by atoms with Gasteiger partial charge in [-0.2, -0.15) is 0 Å². The molecule has 0 aliphatic rings. The zero-order chi connectivity index (χ0) is 16.8. The summed E-state index contributed by atoms with van der Waals surface area (Å²) in [5.74, 6) is 1.04. The lowest BCUT2D eigenvalue weighted by atomic mass is 10.1. The van der Waals surface area contributed by atoms with Crippen molar-refractivity contribution in [3.8, 4) is 5.75 Å². The van der Waals surface area contributed by atoms with Gasteiger partial charge in [-0.1, -0.05) is 36.4 Å². The van der Waals surface area contributed by atoms with E-state index in [2.05, 4.69) is 15.6 Å². The fourth-order valence-electron chi connectivity index (χ4n) is 2.34. The Kier molecular flexibility index (Phi) is 4.72. The maximum absolute atomic E-state index is 9.38. The van der Waals surface area contributed by atoms with E-state index in [1.807, 2.05) is 54.6 Å². The number of nitrogens with zero attached hydrogens (tertiary/aromatic N) is 1. The first-order chi connectivity index (χ1) is 11.7. The van der Waals surface area contributed by atoms with Crippen LogP contribution in [0, 0.1) is 5.41 Å². The molecule has 0 aliphatic carbocycles. The number of hydrogen-bond donors (Lipinski definition) is 4. The lowest BCUT2D eigenvalue weighted by Crippen LogP contribution is -2.22. The molecular weight excluding hydrogens is 300 g/mol. The Hall–Kier alpha value is -3.34. The Morgan fingerprint density at radius 1 is 0.917 bits per heavy atom. The first-order valence-corrected chi connectivity index (χ1v) is 7.60. The summed E-state index contributed by atoms with van der Waals surface area (Å²) in [5.41, 5.74) is 2.88. The summed E-state index contributed by atoms with van der Waals surface area (Å²) in [4.78, 5) is 4.33. The highest BCUT2D eigenvalue weighted by atomic mass is 16.3. The minimum absolute atomic E-state index is 0.159. The second kappa shape index (κ2) is 7.28. The molecule has 0 saturated carbocycles. The maximum atomic E-state index is 9.38. The SMILES string of the molecule is N=C(Nc1ccccc1)Nc1ncccc1Cc1ccc(O)cc1. The largest absolute Gasteiger partial charge is 0.508 e. The van der Waals surface area contributed by atoms with Gasteiger partial charge in [0, 0.05) is 18.3 Å². The van der Waals surface area contributed by atoms with Crippen LogP contribution in [0.25, 0.3) is 0 Å². The lowest BCUT2D eigenvalue weighted by molar-refractivity contribution is 0.475. The molecule has 0 amide bonds. The predicted octanol–water partition coefficient (Wildman–Crippen LogP) is 3.84. The van der Waals surface area contributed by atoms with Crippen LogP contribution >= 0.6 is 0 Å². The van der Waals surface area contributed by atoms with Gasteiger partial charge in [0.25, 0.3) is 0 Å². The van der Waals surface area contributed by atoms with Gasteiger partial charge in [-0.25, -0.2) is 4.98 Å². The molecule has 0 spiro atoms. The molecule has 3 aromatic rings. The molecule has 3 rings (SSSR count). The molecule has 0 atom stereocenters. The van der Waals surface area contributed by atoms with E-state index in [4.69, 9.17) is 5.41 Å². The highest BCUT2D eigenvalue weighted by Crippen LogP contribution is 2.18. The Bertz CT molecular complexity index is 816. The number of phenols is 1. The second-order valence-electron chi connectivity index (χ2n) is 5.35. The zero-order valence-corrected chi connectivity index (χ0v) is 13.0. The van der Waals surface area contributed by atoms with E-state index in [1.165, 1.54) is 0 Å². The average Bonchev–Trinajstić information content (AvgIpc) is 2.59. The number of guanidine groups is 1. The molecule has 5 nitrogen and oxygen atoms in total. The predicted molar refractivity (Wildman–Crippen MR) is 96.6 cm³/mol. The summed E-state index contributed by atoms with van der Waals surface area (Å²) in [5, 5.41) is 23.4. The van der Waals surface area contributed by atoms with Crippen molar-refractivity contribution in [3.05, 3.63) is 84.1 Å². The van der Waals surface area contributed by atoms with E-state index in [1.54, 1.807) is 18.3 Å². The molecule has 0 fully saturated rings. The molecule has 0 radical (unpaired) electrons. The monoisotopic (exact) mass is 318 g/mol. The highest BCUT2D eigenvalue weighted by Gasteiger charge is 2.07. The smallest absolute Gasteiger partial charge is 0.198 e. The number of nitrogens with one attached hydrogen (secondary N) is 3. The van der Waals surface area contributed by atoms with Crippen molar-refractivity contribution in [2.75, 3.05) is 10.6 Å². The number of benzene rings is 2. The van der Waals surface area contributed by atoms with Crippen molar-refractivity contribution < 1.29 is 5.11 Å². The number of phenolic OH excluding ortho intramolecular Hbond substituents is 1. The van der Waals surface area contributed by atoms with Gasteiger partial charge in [0.05, 0.1) is 0 Å². The second-order valence-corrected chi connectivity index (χ2v) is 5.35. The van der Waals surface area contributed by atoms with Crippen LogP contribution < -0.4 is 10.6 Å². The van der Waals surface area contributed by atoms with Crippen LogP contribution in [0.15, 0.2) is 72.9 Å². The van der Waals surface area contributed by atoms with Crippen molar-refractivity contribution in [2.24, 2.45) is 0 Å². The van der Waals surface area contributed by atoms with Gasteiger partial charge in [0.2, 0.25) is 0 Å². The minimum atomic E-state index is 0.159. The van der Waals surface area contributed by atoms with E-state index in [9.17, 15) is 5.11 Å². The molecule has 0 aliphatic heterocycles. The standard InChI is InChI=1S/C19H18N4O/c20-19(22-16-6-2-1-3-7-16)23-18-15(5-4-12-21-18)13-14-8-10-17(24)11-9-14/h1-12,24H,13H2,(H3,20,21,22,23). The van der Waals surface area contributed by atoms with Crippen LogP contribution in [0.1, 0.15) is 11.1 Å². The Morgan fingerprint density at radius 2 is 1.67 bits per heavy atom. The Morgan fingerprint density at radius 3 is 2.42 bits per heavy atom. The maximum Gasteiger partial charge on any atom is 0.198 e. The molecule has 4 N–H and O–H groups in total. The van der Waals surface area contributed by atoms with Gasteiger partial charge < -0.3 is 15.7 Å². The summed E-state index contributed by atoms with van der Waals surface area (Å²) in [6.45, 7) is 0. The van der Waals surface area contributed by atoms with Crippen molar-refractivity contribution in [1.82, 2.24) is 4.98 Å². The third-order valence-electron chi connectivity index (χ3n) is 3.51. The topological polar surface area (TPSA) is 81.0 Å². The van der Waals surface area contributed by atoms with E-state index in [0.29, 0.717) is 12.2 Å². The number of anilines is 2. The van der Waals surface area contributed by atoms with Crippen molar-refractivity contribution in [1.29, 1.82) is 5.41 Å². The van der Waals surface area contributed by atoms with Gasteiger partial charge in [0.15, 0.2) is 5.96 Å². The van der Waals surface area contributed by atoms with E-state index in [0.717, 1.165) is 16.8 Å². The molecule has 1 heterocycles. The summed E-state index contributed by atoms with van der Waals surface area (Å²) in [6.07, 6.45) is 2.35. The minimum Gasteiger partial charge on any atom is -0.508 e. The molecule has 2 aromatic carbocycles. The Balaban J connectivity index is 1.71. The lowest BCUT2D eigenvalue weighted by Gasteiger charge is -2.13. The molecule has 0 unspecified atom stereocenters. The van der Waals surface area contributed by atoms with Gasteiger partial charge >= 0.3 is 0 Å². The van der Waals surface area contributed by atoms with Gasteiger partial charge in [-0.15, -0.1) is 0 Å². The van der Waals surface area contributed by atoms with E-state index < -0.39 is 0 Å². The van der Waals surface area contributed by atoms with Gasteiger partial charge in [-0.3, -0.25) is 5.41 Å². The third-order valence-corrected chi connectivity index (χ3v) is 3.51. The molecule has 0 saturated heterocycles. The zero-order valence-electron chi connectivity index (χ0n) is 13.0. The average molecular weight is 318 g/mol. The summed E-state index contributed by atoms with van der Waals surface area (Å²) < 4.78 is 0. The van der Waals surface area contributed by atoms with Gasteiger partial charge in [-0.05, 0) is 41.5 Å². The van der Waals surface area contributed by atoms with E-state index in [-0.39, 0.29) is 11.7 Å². The van der Waals surface area contributed by atoms with Crippen LogP contribution in [0.2, 0.25) is 0 Å². The normalized spacial score (nSPS) is 10.2. The summed E-state index contributed by atoms with van der Waals surface area (Å²) in [6, 6.07) is 20.5. The number of aromatic nitrogens is 1. The van der Waals surface area contributed by atoms with E-state index >= 15 is 0 Å². The van der Waals surface area contributed by atoms with Crippen LogP contribution in [0.4, 0.5) is 11.5 Å². The molecular formula is C19H18N4O. The fourth-order valence-corrected chi connectivity index (χ4v) is 2.34. The molecule has 0 bridgehead atoms. The van der Waals surface area contributed by atoms with Gasteiger partial charge in [0.1, 0.15) is 11.6 Å². The van der Waals surface area contributed by atoms with Crippen molar-refractivity contribution in [2.45, 2.75) is 6.42 Å². The number of para-hydroxylation sites is 1. The molecule has 1 aromatic heterocycles.